The van der Waals surface area contributed by atoms with Gasteiger partial charge in [0.2, 0.25) is 11.6 Å². The van der Waals surface area contributed by atoms with Crippen molar-refractivity contribution in [3.8, 4) is 68.7 Å². The Morgan fingerprint density at radius 2 is 0.694 bits per heavy atom. The first-order valence-electron chi connectivity index (χ1n) is 15.8. The Kier molecular flexibility index (Phi) is 6.90. The average molecular weight is 634 g/mol. The minimum atomic E-state index is 0. The summed E-state index contributed by atoms with van der Waals surface area (Å²) in [6, 6.07) is 47.5. The molecule has 9 aromatic rings. The van der Waals surface area contributed by atoms with E-state index in [-0.39, 0.29) is 1.43 Å². The van der Waals surface area contributed by atoms with Crippen molar-refractivity contribution in [1.82, 2.24) is 44.9 Å². The number of H-pyrrole nitrogens is 1. The van der Waals surface area contributed by atoms with E-state index in [1.54, 1.807) is 0 Å². The van der Waals surface area contributed by atoms with Crippen molar-refractivity contribution in [2.45, 2.75) is 0 Å². The smallest absolute Gasteiger partial charge is 0.201 e. The van der Waals surface area contributed by atoms with Crippen molar-refractivity contribution in [2.75, 3.05) is 0 Å². The first kappa shape index (κ1) is 28.2. The zero-order chi connectivity index (χ0) is 32.6. The molecule has 232 valence electrons. The number of fused-ring (bicyclic) bond motifs is 3. The number of nitrogens with one attached hydrogen (secondary N) is 1. The predicted molar refractivity (Wildman–Crippen MR) is 193 cm³/mol. The van der Waals surface area contributed by atoms with E-state index in [1.807, 2.05) is 146 Å². The molecule has 4 aromatic heterocycles. The summed E-state index contributed by atoms with van der Waals surface area (Å²) in [7, 11) is 0. The molecular weight excluding hydrogens is 607 g/mol. The van der Waals surface area contributed by atoms with Gasteiger partial charge < -0.3 is 4.98 Å². The Bertz CT molecular complexity index is 2480. The molecule has 0 amide bonds. The van der Waals surface area contributed by atoms with Crippen molar-refractivity contribution in [3.05, 3.63) is 146 Å². The van der Waals surface area contributed by atoms with Gasteiger partial charge in [-0.15, -0.1) is 0 Å². The Morgan fingerprint density at radius 3 is 1.16 bits per heavy atom. The zero-order valence-corrected chi connectivity index (χ0v) is 25.9. The molecule has 0 spiro atoms. The SMILES string of the molecule is [HH].c1ccc(-c2nc(-c3ccccc3)nc(-c3nc(-c4nc(-c5ccccc5)nc(-c5ccccc5)n4)c4c(n3)[nH]c3ccccc34)n2)cc1. The summed E-state index contributed by atoms with van der Waals surface area (Å²) in [6.07, 6.45) is 0. The molecule has 0 fully saturated rings. The van der Waals surface area contributed by atoms with E-state index >= 15 is 0 Å². The quantitative estimate of drug-likeness (QED) is 0.193. The van der Waals surface area contributed by atoms with E-state index < -0.39 is 0 Å². The number of benzene rings is 5. The van der Waals surface area contributed by atoms with E-state index in [0.717, 1.165) is 38.5 Å². The lowest BCUT2D eigenvalue weighted by atomic mass is 10.1. The van der Waals surface area contributed by atoms with E-state index in [2.05, 4.69) is 4.98 Å². The molecule has 0 aliphatic heterocycles. The third-order valence-electron chi connectivity index (χ3n) is 8.17. The molecule has 0 bridgehead atoms. The summed E-state index contributed by atoms with van der Waals surface area (Å²) in [5.74, 6) is 3.16. The molecule has 0 radical (unpaired) electrons. The normalized spacial score (nSPS) is 11.3. The van der Waals surface area contributed by atoms with Gasteiger partial charge in [0.25, 0.3) is 0 Å². The van der Waals surface area contributed by atoms with Gasteiger partial charge in [0, 0.05) is 34.6 Å². The molecule has 0 saturated heterocycles. The number of para-hydroxylation sites is 1. The number of hydrogen-bond acceptors (Lipinski definition) is 8. The van der Waals surface area contributed by atoms with Crippen molar-refractivity contribution in [2.24, 2.45) is 0 Å². The molecule has 1 N–H and O–H groups in total. The molecule has 0 saturated carbocycles. The minimum absolute atomic E-state index is 0. The maximum absolute atomic E-state index is 5.17. The van der Waals surface area contributed by atoms with Gasteiger partial charge in [-0.25, -0.2) is 39.9 Å². The van der Waals surface area contributed by atoms with Crippen LogP contribution in [-0.4, -0.2) is 44.9 Å². The second kappa shape index (κ2) is 12.0. The van der Waals surface area contributed by atoms with Crippen LogP contribution in [0.25, 0.3) is 90.7 Å². The summed E-state index contributed by atoms with van der Waals surface area (Å²) in [4.78, 5) is 43.3. The standard InChI is InChI=1S/C40H25N9.H2/c1-5-15-25(16-6-1)33-43-34(26-17-7-2-8-18-26)46-38(45-33)32-31-29-23-13-14-24-30(29)41-37(31)49-39(42-32)40-47-35(27-19-9-3-10-20-27)44-36(48-40)28-21-11-4-12-22-28;/h1-24H,(H,41,42,49);1H. The Balaban J connectivity index is 0.00000361. The van der Waals surface area contributed by atoms with Crippen LogP contribution in [0.4, 0.5) is 0 Å². The van der Waals surface area contributed by atoms with Crippen LogP contribution in [0.1, 0.15) is 1.43 Å². The predicted octanol–water partition coefficient (Wildman–Crippen LogP) is 8.73. The maximum atomic E-state index is 5.17. The molecule has 9 heteroatoms. The molecule has 0 aliphatic carbocycles. The van der Waals surface area contributed by atoms with Gasteiger partial charge in [-0.1, -0.05) is 140 Å². The van der Waals surface area contributed by atoms with Crippen LogP contribution < -0.4 is 0 Å². The van der Waals surface area contributed by atoms with Crippen LogP contribution in [-0.2, 0) is 0 Å². The second-order valence-corrected chi connectivity index (χ2v) is 11.4. The van der Waals surface area contributed by atoms with Gasteiger partial charge in [0.1, 0.15) is 11.3 Å². The van der Waals surface area contributed by atoms with Crippen LogP contribution in [0.2, 0.25) is 0 Å². The van der Waals surface area contributed by atoms with Crippen LogP contribution >= 0.6 is 0 Å². The highest BCUT2D eigenvalue weighted by Gasteiger charge is 2.22. The van der Waals surface area contributed by atoms with Crippen molar-refractivity contribution < 1.29 is 1.43 Å². The van der Waals surface area contributed by atoms with Crippen molar-refractivity contribution >= 4 is 21.9 Å². The fraction of sp³-hybridized carbons (Fsp3) is 0. The highest BCUT2D eigenvalue weighted by atomic mass is 15.1. The number of rotatable bonds is 6. The average Bonchev–Trinajstić information content (AvgIpc) is 3.57. The lowest BCUT2D eigenvalue weighted by molar-refractivity contribution is 1.03. The molecule has 9 rings (SSSR count). The lowest BCUT2D eigenvalue weighted by Gasteiger charge is -2.11. The van der Waals surface area contributed by atoms with Gasteiger partial charge in [-0.3, -0.25) is 0 Å². The molecule has 0 unspecified atom stereocenters. The van der Waals surface area contributed by atoms with Gasteiger partial charge in [-0.2, -0.15) is 0 Å². The van der Waals surface area contributed by atoms with Crippen LogP contribution in [0.15, 0.2) is 146 Å². The third kappa shape index (κ3) is 5.35. The third-order valence-corrected chi connectivity index (χ3v) is 8.17. The summed E-state index contributed by atoms with van der Waals surface area (Å²) in [6.45, 7) is 0. The maximum Gasteiger partial charge on any atom is 0.201 e. The molecule has 5 aromatic carbocycles. The number of aromatic nitrogens is 9. The molecule has 49 heavy (non-hydrogen) atoms. The fourth-order valence-electron chi connectivity index (χ4n) is 5.83. The second-order valence-electron chi connectivity index (χ2n) is 11.4. The largest absolute Gasteiger partial charge is 0.339 e. The summed E-state index contributed by atoms with van der Waals surface area (Å²) >= 11 is 0. The topological polar surface area (TPSA) is 119 Å². The van der Waals surface area contributed by atoms with Gasteiger partial charge in [0.15, 0.2) is 29.1 Å². The lowest BCUT2D eigenvalue weighted by Crippen LogP contribution is -2.05. The number of hydrogen-bond donors (Lipinski definition) is 1. The molecule has 0 atom stereocenters. The summed E-state index contributed by atoms with van der Waals surface area (Å²) in [5, 5.41) is 1.75. The van der Waals surface area contributed by atoms with Gasteiger partial charge in [-0.05, 0) is 6.07 Å². The minimum Gasteiger partial charge on any atom is -0.339 e. The summed E-state index contributed by atoms with van der Waals surface area (Å²) in [5.41, 5.74) is 5.51. The highest BCUT2D eigenvalue weighted by Crippen LogP contribution is 2.34. The van der Waals surface area contributed by atoms with Crippen molar-refractivity contribution in [1.29, 1.82) is 0 Å². The van der Waals surface area contributed by atoms with E-state index in [1.165, 1.54) is 0 Å². The fourth-order valence-corrected chi connectivity index (χ4v) is 5.83. The first-order valence-corrected chi connectivity index (χ1v) is 15.8. The van der Waals surface area contributed by atoms with Crippen molar-refractivity contribution in [3.63, 3.8) is 0 Å². The first-order chi connectivity index (χ1) is 24.3. The van der Waals surface area contributed by atoms with E-state index in [4.69, 9.17) is 39.9 Å². The van der Waals surface area contributed by atoms with Gasteiger partial charge >= 0.3 is 0 Å². The molecule has 4 heterocycles. The Labute approximate surface area is 282 Å². The van der Waals surface area contributed by atoms with E-state index in [0.29, 0.717) is 52.1 Å². The molecule has 0 aliphatic rings. The monoisotopic (exact) mass is 633 g/mol. The van der Waals surface area contributed by atoms with Crippen LogP contribution in [0.3, 0.4) is 0 Å². The van der Waals surface area contributed by atoms with Gasteiger partial charge in [0.05, 0.1) is 5.39 Å². The number of aromatic amines is 1. The highest BCUT2D eigenvalue weighted by molar-refractivity contribution is 6.11. The molecular formula is C40H27N9. The zero-order valence-electron chi connectivity index (χ0n) is 25.9. The van der Waals surface area contributed by atoms with Crippen LogP contribution in [0.5, 0.6) is 0 Å². The van der Waals surface area contributed by atoms with Crippen LogP contribution in [0, 0.1) is 0 Å². The Morgan fingerprint density at radius 1 is 0.327 bits per heavy atom. The number of nitrogens with zero attached hydrogens (tertiary/aromatic N) is 8. The van der Waals surface area contributed by atoms with E-state index in [9.17, 15) is 0 Å². The molecule has 9 nitrogen and oxygen atoms in total. The summed E-state index contributed by atoms with van der Waals surface area (Å²) < 4.78 is 0. The Hall–Kier alpha value is -7.00.